The van der Waals surface area contributed by atoms with Crippen molar-refractivity contribution in [3.8, 4) is 11.8 Å². The number of aromatic nitrogens is 1. The van der Waals surface area contributed by atoms with Crippen LogP contribution in [0.25, 0.3) is 0 Å². The van der Waals surface area contributed by atoms with Crippen LogP contribution in [0.1, 0.15) is 29.4 Å². The second-order valence-electron chi connectivity index (χ2n) is 3.53. The lowest BCUT2D eigenvalue weighted by molar-refractivity contribution is 0.0796. The van der Waals surface area contributed by atoms with Crippen LogP contribution in [0.15, 0.2) is 18.3 Å². The number of hydrogen-bond acceptors (Lipinski definition) is 3. The normalized spacial score (nSPS) is 9.35. The molecule has 0 unspecified atom stereocenters. The van der Waals surface area contributed by atoms with E-state index in [4.69, 9.17) is 5.11 Å². The molecule has 0 fully saturated rings. The zero-order valence-electron chi connectivity index (χ0n) is 10.1. The molecule has 0 aliphatic carbocycles. The zero-order valence-corrected chi connectivity index (χ0v) is 10.1. The predicted molar refractivity (Wildman–Crippen MR) is 65.5 cm³/mol. The van der Waals surface area contributed by atoms with Gasteiger partial charge in [0.05, 0.1) is 6.61 Å². The van der Waals surface area contributed by atoms with Crippen LogP contribution >= 0.6 is 0 Å². The maximum Gasteiger partial charge on any atom is 0.272 e. The molecule has 0 aliphatic rings. The van der Waals surface area contributed by atoms with Crippen LogP contribution < -0.4 is 0 Å². The third-order valence-electron chi connectivity index (χ3n) is 2.27. The van der Waals surface area contributed by atoms with Crippen molar-refractivity contribution < 1.29 is 9.90 Å². The Morgan fingerprint density at radius 3 is 2.82 bits per heavy atom. The number of pyridine rings is 1. The van der Waals surface area contributed by atoms with E-state index in [-0.39, 0.29) is 12.5 Å². The fraction of sp³-hybridized carbons (Fsp3) is 0.385. The van der Waals surface area contributed by atoms with Gasteiger partial charge < -0.3 is 10.0 Å². The minimum Gasteiger partial charge on any atom is -0.395 e. The first kappa shape index (κ1) is 13.2. The number of amides is 1. The third kappa shape index (κ3) is 3.89. The highest BCUT2D eigenvalue weighted by Crippen LogP contribution is 2.02. The summed E-state index contributed by atoms with van der Waals surface area (Å²) in [6.07, 6.45) is 2.01. The summed E-state index contributed by atoms with van der Waals surface area (Å²) in [5, 5.41) is 8.58. The SMILES string of the molecule is CCN(C)C(=O)c1ccc(C#CCCO)cn1. The summed E-state index contributed by atoms with van der Waals surface area (Å²) < 4.78 is 0. The summed E-state index contributed by atoms with van der Waals surface area (Å²) in [6, 6.07) is 3.42. The first-order chi connectivity index (χ1) is 8.19. The van der Waals surface area contributed by atoms with Crippen molar-refractivity contribution >= 4 is 5.91 Å². The highest BCUT2D eigenvalue weighted by molar-refractivity contribution is 5.92. The van der Waals surface area contributed by atoms with Gasteiger partial charge in [0, 0.05) is 31.8 Å². The zero-order chi connectivity index (χ0) is 12.7. The Balaban J connectivity index is 2.75. The maximum absolute atomic E-state index is 11.7. The van der Waals surface area contributed by atoms with E-state index in [9.17, 15) is 4.79 Å². The topological polar surface area (TPSA) is 53.4 Å². The average Bonchev–Trinajstić information content (AvgIpc) is 2.38. The summed E-state index contributed by atoms with van der Waals surface area (Å²) >= 11 is 0. The van der Waals surface area contributed by atoms with Crippen molar-refractivity contribution in [1.82, 2.24) is 9.88 Å². The van der Waals surface area contributed by atoms with Gasteiger partial charge in [0.25, 0.3) is 5.91 Å². The number of aliphatic hydroxyl groups excluding tert-OH is 1. The van der Waals surface area contributed by atoms with Crippen LogP contribution in [0.3, 0.4) is 0 Å². The number of aliphatic hydroxyl groups is 1. The molecular formula is C13H16N2O2. The second-order valence-corrected chi connectivity index (χ2v) is 3.53. The van der Waals surface area contributed by atoms with Gasteiger partial charge in [0.15, 0.2) is 0 Å². The van der Waals surface area contributed by atoms with Crippen LogP contribution in [0.4, 0.5) is 0 Å². The van der Waals surface area contributed by atoms with E-state index in [1.807, 2.05) is 6.92 Å². The lowest BCUT2D eigenvalue weighted by Gasteiger charge is -2.13. The molecule has 1 N–H and O–H groups in total. The van der Waals surface area contributed by atoms with Gasteiger partial charge in [0.1, 0.15) is 5.69 Å². The summed E-state index contributed by atoms with van der Waals surface area (Å²) in [6.45, 7) is 2.61. The molecule has 0 atom stereocenters. The van der Waals surface area contributed by atoms with Crippen LogP contribution in [0.5, 0.6) is 0 Å². The van der Waals surface area contributed by atoms with Gasteiger partial charge in [-0.05, 0) is 19.1 Å². The molecule has 0 aromatic carbocycles. The Morgan fingerprint density at radius 2 is 2.29 bits per heavy atom. The first-order valence-corrected chi connectivity index (χ1v) is 5.50. The van der Waals surface area contributed by atoms with Crippen molar-refractivity contribution in [1.29, 1.82) is 0 Å². The molecule has 1 aromatic heterocycles. The molecule has 4 heteroatoms. The van der Waals surface area contributed by atoms with Gasteiger partial charge in [-0.1, -0.05) is 11.8 Å². The quantitative estimate of drug-likeness (QED) is 0.788. The molecule has 1 rings (SSSR count). The van der Waals surface area contributed by atoms with E-state index in [0.29, 0.717) is 18.7 Å². The molecule has 0 bridgehead atoms. The molecule has 0 radical (unpaired) electrons. The number of rotatable bonds is 3. The highest BCUT2D eigenvalue weighted by Gasteiger charge is 2.10. The lowest BCUT2D eigenvalue weighted by atomic mass is 10.2. The van der Waals surface area contributed by atoms with Crippen LogP contribution in [-0.2, 0) is 0 Å². The van der Waals surface area contributed by atoms with Crippen molar-refractivity contribution in [3.05, 3.63) is 29.6 Å². The van der Waals surface area contributed by atoms with Gasteiger partial charge in [-0.25, -0.2) is 4.98 Å². The Bertz CT molecular complexity index is 429. The largest absolute Gasteiger partial charge is 0.395 e. The number of nitrogens with zero attached hydrogens (tertiary/aromatic N) is 2. The number of carbonyl (C=O) groups excluding carboxylic acids is 1. The molecule has 17 heavy (non-hydrogen) atoms. The summed E-state index contributed by atoms with van der Waals surface area (Å²) in [5.41, 5.74) is 1.16. The van der Waals surface area contributed by atoms with E-state index in [2.05, 4.69) is 16.8 Å². The molecule has 0 saturated heterocycles. The summed E-state index contributed by atoms with van der Waals surface area (Å²) in [4.78, 5) is 17.4. The van der Waals surface area contributed by atoms with E-state index < -0.39 is 0 Å². The Labute approximate surface area is 101 Å². The van der Waals surface area contributed by atoms with E-state index >= 15 is 0 Å². The molecule has 1 aromatic rings. The third-order valence-corrected chi connectivity index (χ3v) is 2.27. The van der Waals surface area contributed by atoms with Gasteiger partial charge in [-0.15, -0.1) is 0 Å². The predicted octanol–water partition coefficient (Wildman–Crippen LogP) is 0.907. The minimum absolute atomic E-state index is 0.0539. The van der Waals surface area contributed by atoms with Gasteiger partial charge in [0.2, 0.25) is 0 Å². The Hall–Kier alpha value is -1.86. The van der Waals surface area contributed by atoms with E-state index in [0.717, 1.165) is 5.56 Å². The van der Waals surface area contributed by atoms with E-state index in [1.54, 1.807) is 30.3 Å². The maximum atomic E-state index is 11.7. The Morgan fingerprint density at radius 1 is 1.53 bits per heavy atom. The fourth-order valence-corrected chi connectivity index (χ4v) is 1.15. The van der Waals surface area contributed by atoms with Crippen LogP contribution in [0.2, 0.25) is 0 Å². The van der Waals surface area contributed by atoms with Crippen molar-refractivity contribution in [2.75, 3.05) is 20.2 Å². The van der Waals surface area contributed by atoms with Crippen molar-refractivity contribution in [3.63, 3.8) is 0 Å². The van der Waals surface area contributed by atoms with Crippen molar-refractivity contribution in [2.24, 2.45) is 0 Å². The molecular weight excluding hydrogens is 216 g/mol. The summed E-state index contributed by atoms with van der Waals surface area (Å²) in [7, 11) is 1.74. The molecule has 0 saturated carbocycles. The van der Waals surface area contributed by atoms with E-state index in [1.165, 1.54) is 0 Å². The Kier molecular flexibility index (Phi) is 5.18. The molecule has 1 amide bonds. The standard InChI is InChI=1S/C13H16N2O2/c1-3-15(2)13(17)12-8-7-11(10-14-12)6-4-5-9-16/h7-8,10,16H,3,5,9H2,1-2H3. The molecule has 4 nitrogen and oxygen atoms in total. The molecule has 90 valence electrons. The number of carbonyl (C=O) groups is 1. The van der Waals surface area contributed by atoms with Crippen LogP contribution in [0, 0.1) is 11.8 Å². The summed E-state index contributed by atoms with van der Waals surface area (Å²) in [5.74, 6) is 5.56. The average molecular weight is 232 g/mol. The first-order valence-electron chi connectivity index (χ1n) is 5.50. The van der Waals surface area contributed by atoms with Gasteiger partial charge >= 0.3 is 0 Å². The van der Waals surface area contributed by atoms with Gasteiger partial charge in [-0.3, -0.25) is 4.79 Å². The smallest absolute Gasteiger partial charge is 0.272 e. The minimum atomic E-state index is -0.0950. The lowest BCUT2D eigenvalue weighted by Crippen LogP contribution is -2.26. The molecule has 0 spiro atoms. The van der Waals surface area contributed by atoms with Crippen LogP contribution in [-0.4, -0.2) is 41.1 Å². The molecule has 1 heterocycles. The second kappa shape index (κ2) is 6.66. The molecule has 0 aliphatic heterocycles. The van der Waals surface area contributed by atoms with Crippen molar-refractivity contribution in [2.45, 2.75) is 13.3 Å². The fourth-order valence-electron chi connectivity index (χ4n) is 1.15. The number of hydrogen-bond donors (Lipinski definition) is 1. The monoisotopic (exact) mass is 232 g/mol. The highest BCUT2D eigenvalue weighted by atomic mass is 16.2. The van der Waals surface area contributed by atoms with Gasteiger partial charge in [-0.2, -0.15) is 0 Å².